The van der Waals surface area contributed by atoms with E-state index < -0.39 is 20.3 Å². The van der Waals surface area contributed by atoms with Crippen molar-refractivity contribution in [3.63, 3.8) is 0 Å². The maximum Gasteiger partial charge on any atom is 0.333 e. The summed E-state index contributed by atoms with van der Waals surface area (Å²) >= 11 is 0. The zero-order chi connectivity index (χ0) is 25.3. The van der Waals surface area contributed by atoms with E-state index in [1.165, 1.54) is 12.4 Å². The first-order chi connectivity index (χ1) is 17.2. The van der Waals surface area contributed by atoms with Crippen LogP contribution in [0.15, 0.2) is 67.4 Å². The lowest BCUT2D eigenvalue weighted by Gasteiger charge is -2.51. The molecule has 186 valence electrons. The minimum Gasteiger partial charge on any atom is -0.488 e. The topological polar surface area (TPSA) is 71.0 Å². The van der Waals surface area contributed by atoms with E-state index in [9.17, 15) is 8.78 Å². The number of ether oxygens (including phenoxy) is 1. The first kappa shape index (κ1) is 24.0. The summed E-state index contributed by atoms with van der Waals surface area (Å²) in [5.74, 6) is 4.03. The highest BCUT2D eigenvalue weighted by Gasteiger charge is 2.46. The molecule has 2 aliphatic heterocycles. The van der Waals surface area contributed by atoms with Gasteiger partial charge in [-0.15, -0.1) is 5.54 Å². The van der Waals surface area contributed by atoms with Gasteiger partial charge in [0.2, 0.25) is 0 Å². The van der Waals surface area contributed by atoms with E-state index >= 15 is 0 Å². The summed E-state index contributed by atoms with van der Waals surface area (Å²) in [5.41, 5.74) is 6.03. The molecular formula is C26H28F2N6OSi. The first-order valence-corrected chi connectivity index (χ1v) is 15.3. The number of benzene rings is 1. The van der Waals surface area contributed by atoms with Gasteiger partial charge < -0.3 is 10.1 Å². The number of hydrogen-bond acceptors (Lipinski definition) is 5. The van der Waals surface area contributed by atoms with Crippen molar-refractivity contribution in [3.05, 3.63) is 84.1 Å². The predicted molar refractivity (Wildman–Crippen MR) is 137 cm³/mol. The largest absolute Gasteiger partial charge is 0.488 e. The third kappa shape index (κ3) is 4.98. The molecule has 0 aliphatic carbocycles. The van der Waals surface area contributed by atoms with Crippen molar-refractivity contribution in [1.29, 1.82) is 0 Å². The van der Waals surface area contributed by atoms with Crippen LogP contribution in [0.25, 0.3) is 5.57 Å². The molecule has 5 rings (SSSR count). The Bertz CT molecular complexity index is 1330. The van der Waals surface area contributed by atoms with Gasteiger partial charge in [-0.25, -0.2) is 4.68 Å². The number of H-pyrrole nitrogens is 1. The molecule has 10 heteroatoms. The number of hydrogen-bond donors (Lipinski definition) is 2. The Morgan fingerprint density at radius 2 is 1.94 bits per heavy atom. The quantitative estimate of drug-likeness (QED) is 0.384. The number of alkyl halides is 2. The molecule has 2 N–H and O–H groups in total. The number of dihydropyridines is 1. The van der Waals surface area contributed by atoms with Crippen LogP contribution in [0.1, 0.15) is 23.2 Å². The summed E-state index contributed by atoms with van der Waals surface area (Å²) in [6.45, 7) is 5.18. The Labute approximate surface area is 209 Å². The van der Waals surface area contributed by atoms with Crippen LogP contribution in [0.5, 0.6) is 5.75 Å². The fraction of sp³-hybridized carbons (Fsp3) is 0.308. The van der Waals surface area contributed by atoms with E-state index in [1.54, 1.807) is 12.4 Å². The molecule has 1 fully saturated rings. The van der Waals surface area contributed by atoms with Crippen LogP contribution in [0.4, 0.5) is 8.78 Å². The number of aromatic amines is 1. The minimum atomic E-state index is -2.70. The predicted octanol–water partition coefficient (Wildman–Crippen LogP) is 4.35. The average Bonchev–Trinajstić information content (AvgIpc) is 3.53. The zero-order valence-electron chi connectivity index (χ0n) is 20.4. The van der Waals surface area contributed by atoms with Gasteiger partial charge in [-0.3, -0.25) is 10.00 Å². The maximum absolute atomic E-state index is 13.3. The zero-order valence-corrected chi connectivity index (χ0v) is 21.4. The lowest BCUT2D eigenvalue weighted by atomic mass is 9.91. The number of allylic oxidation sites excluding steroid dienone is 2. The third-order valence-corrected chi connectivity index (χ3v) is 6.99. The van der Waals surface area contributed by atoms with E-state index in [4.69, 9.17) is 4.74 Å². The highest BCUT2D eigenvalue weighted by Crippen LogP contribution is 2.37. The monoisotopic (exact) mass is 506 g/mol. The molecule has 1 aromatic carbocycles. The van der Waals surface area contributed by atoms with Crippen LogP contribution < -0.4 is 10.1 Å². The summed E-state index contributed by atoms with van der Waals surface area (Å²) in [7, 11) is -1.43. The summed E-state index contributed by atoms with van der Waals surface area (Å²) in [5, 5.41) is 14.1. The van der Waals surface area contributed by atoms with Gasteiger partial charge in [0.05, 0.1) is 12.4 Å². The summed E-state index contributed by atoms with van der Waals surface area (Å²) in [6.07, 6.45) is 12.2. The van der Waals surface area contributed by atoms with Crippen LogP contribution >= 0.6 is 0 Å². The lowest BCUT2D eigenvalue weighted by Crippen LogP contribution is -2.66. The Balaban J connectivity index is 1.29. The molecule has 0 amide bonds. The Hall–Kier alpha value is -3.68. The smallest absolute Gasteiger partial charge is 0.333 e. The van der Waals surface area contributed by atoms with E-state index in [0.29, 0.717) is 23.3 Å². The fourth-order valence-corrected chi connectivity index (χ4v) is 4.67. The SMILES string of the molecule is C[Si](C)(C)C#Cc1ccc(OC2CN(C3(c4cnn(C(F)F)c4)C=CC(c4cn[nH]c4)=CN3)C2)cc1. The molecular weight excluding hydrogens is 478 g/mol. The van der Waals surface area contributed by atoms with Crippen molar-refractivity contribution in [1.82, 2.24) is 30.2 Å². The standard InChI is InChI=1S/C26H28F2N6OSi/c1-36(2,3)11-9-19-4-6-23(7-5-19)35-24-17-33(18-24)26(22-15-32-34(16-22)25(27)28)10-8-20(12-29-26)21-13-30-31-14-21/h4-8,10,12-16,24-25,29H,17-18H2,1-3H3,(H,30,31). The minimum absolute atomic E-state index is 0.0274. The highest BCUT2D eigenvalue weighted by atomic mass is 28.3. The van der Waals surface area contributed by atoms with Crippen molar-refractivity contribution in [2.24, 2.45) is 0 Å². The normalized spacial score (nSPS) is 20.3. The summed E-state index contributed by atoms with van der Waals surface area (Å²) < 4.78 is 33.4. The molecule has 2 aromatic heterocycles. The fourth-order valence-electron chi connectivity index (χ4n) is 4.15. The molecule has 36 heavy (non-hydrogen) atoms. The molecule has 0 spiro atoms. The van der Waals surface area contributed by atoms with Crippen LogP contribution in [-0.4, -0.2) is 52.1 Å². The van der Waals surface area contributed by atoms with Crippen LogP contribution in [-0.2, 0) is 5.66 Å². The Kier molecular flexibility index (Phi) is 6.28. The number of nitrogens with zero attached hydrogens (tertiary/aromatic N) is 4. The van der Waals surface area contributed by atoms with Crippen molar-refractivity contribution < 1.29 is 13.5 Å². The summed E-state index contributed by atoms with van der Waals surface area (Å²) in [6, 6.07) is 7.84. The second-order valence-corrected chi connectivity index (χ2v) is 14.7. The lowest BCUT2D eigenvalue weighted by molar-refractivity contribution is -0.0485. The molecule has 2 aliphatic rings. The number of halogens is 2. The van der Waals surface area contributed by atoms with Gasteiger partial charge in [0.15, 0.2) is 0 Å². The van der Waals surface area contributed by atoms with E-state index in [2.05, 4.69) is 56.6 Å². The molecule has 0 radical (unpaired) electrons. The second-order valence-electron chi connectivity index (χ2n) is 9.99. The molecule has 4 heterocycles. The number of likely N-dealkylation sites (tertiary alicyclic amines) is 1. The molecule has 1 atom stereocenters. The Morgan fingerprint density at radius 3 is 2.53 bits per heavy atom. The van der Waals surface area contributed by atoms with E-state index in [-0.39, 0.29) is 6.10 Å². The molecule has 1 unspecified atom stereocenters. The van der Waals surface area contributed by atoms with Gasteiger partial charge in [-0.05, 0) is 30.3 Å². The van der Waals surface area contributed by atoms with Crippen LogP contribution in [0, 0.1) is 11.5 Å². The summed E-state index contributed by atoms with van der Waals surface area (Å²) in [4.78, 5) is 2.15. The van der Waals surface area contributed by atoms with Gasteiger partial charge in [0.1, 0.15) is 25.6 Å². The average molecular weight is 507 g/mol. The number of nitrogens with one attached hydrogen (secondary N) is 2. The van der Waals surface area contributed by atoms with Crippen LogP contribution in [0.2, 0.25) is 19.6 Å². The second kappa shape index (κ2) is 9.41. The van der Waals surface area contributed by atoms with Crippen molar-refractivity contribution in [2.45, 2.75) is 38.0 Å². The highest BCUT2D eigenvalue weighted by molar-refractivity contribution is 6.83. The maximum atomic E-state index is 13.3. The van der Waals surface area contributed by atoms with Crippen molar-refractivity contribution in [3.8, 4) is 17.2 Å². The molecule has 0 bridgehead atoms. The first-order valence-electron chi connectivity index (χ1n) is 11.8. The van der Waals surface area contributed by atoms with Gasteiger partial charge in [-0.2, -0.15) is 19.0 Å². The van der Waals surface area contributed by atoms with E-state index in [0.717, 1.165) is 22.4 Å². The van der Waals surface area contributed by atoms with Gasteiger partial charge in [-0.1, -0.05) is 31.6 Å². The van der Waals surface area contributed by atoms with Crippen LogP contribution in [0.3, 0.4) is 0 Å². The molecule has 0 saturated carbocycles. The third-order valence-electron chi connectivity index (χ3n) is 6.11. The van der Waals surface area contributed by atoms with Gasteiger partial charge in [0.25, 0.3) is 0 Å². The van der Waals surface area contributed by atoms with Crippen molar-refractivity contribution >= 4 is 13.6 Å². The number of rotatable bonds is 6. The Morgan fingerprint density at radius 1 is 1.17 bits per heavy atom. The molecule has 3 aromatic rings. The number of aromatic nitrogens is 4. The van der Waals surface area contributed by atoms with E-state index in [1.807, 2.05) is 42.6 Å². The molecule has 1 saturated heterocycles. The van der Waals surface area contributed by atoms with Gasteiger partial charge in [0, 0.05) is 53.9 Å². The molecule has 7 nitrogen and oxygen atoms in total. The van der Waals surface area contributed by atoms with Crippen molar-refractivity contribution in [2.75, 3.05) is 13.1 Å². The van der Waals surface area contributed by atoms with Gasteiger partial charge >= 0.3 is 6.55 Å².